The van der Waals surface area contributed by atoms with Gasteiger partial charge in [-0.2, -0.15) is 9.98 Å². The molecule has 0 radical (unpaired) electrons. The maximum Gasteiger partial charge on any atom is 0.255 e. The van der Waals surface area contributed by atoms with E-state index in [2.05, 4.69) is 15.4 Å². The Morgan fingerprint density at radius 2 is 2.04 bits per heavy atom. The minimum atomic E-state index is -3.67. The molecule has 0 fully saturated rings. The fraction of sp³-hybridized carbons (Fsp3) is 0.0667. The van der Waals surface area contributed by atoms with Crippen molar-refractivity contribution in [2.75, 3.05) is 17.3 Å². The van der Waals surface area contributed by atoms with Gasteiger partial charge in [-0.05, 0) is 36.4 Å². The van der Waals surface area contributed by atoms with Crippen LogP contribution in [-0.4, -0.2) is 21.0 Å². The zero-order valence-electron chi connectivity index (χ0n) is 12.1. The summed E-state index contributed by atoms with van der Waals surface area (Å²) in [5.41, 5.74) is 0.550. The van der Waals surface area contributed by atoms with Crippen LogP contribution in [0.5, 0.6) is 0 Å². The van der Waals surface area contributed by atoms with E-state index in [1.807, 2.05) is 0 Å². The number of hydrogen-bond acceptors (Lipinski definition) is 5. The lowest BCUT2D eigenvalue weighted by Crippen LogP contribution is -2.34. The molecule has 24 heavy (non-hydrogen) atoms. The second-order valence-corrected chi connectivity index (χ2v) is 6.71. The molecule has 0 atom stereocenters. The Kier molecular flexibility index (Phi) is 3.92. The van der Waals surface area contributed by atoms with Gasteiger partial charge in [-0.3, -0.25) is 4.79 Å². The van der Waals surface area contributed by atoms with Gasteiger partial charge in [0.15, 0.2) is 0 Å². The van der Waals surface area contributed by atoms with Crippen LogP contribution in [0.15, 0.2) is 41.3 Å². The lowest BCUT2D eigenvalue weighted by Gasteiger charge is -2.19. The third kappa shape index (κ3) is 2.92. The van der Waals surface area contributed by atoms with E-state index in [4.69, 9.17) is 5.26 Å². The number of hydrogen-bond donors (Lipinski definition) is 3. The van der Waals surface area contributed by atoms with Crippen molar-refractivity contribution in [3.8, 4) is 6.07 Å². The van der Waals surface area contributed by atoms with Crippen LogP contribution in [0.25, 0.3) is 0 Å². The van der Waals surface area contributed by atoms with Crippen molar-refractivity contribution in [1.82, 2.24) is 4.72 Å². The highest BCUT2D eigenvalue weighted by Gasteiger charge is 2.24. The molecule has 0 aromatic heterocycles. The standard InChI is InChI=1S/C15H11FN4O3S/c16-12-3-2-11(5-10(12)7-17)20-15(21)9-1-4-13-14(6-9)24(22,23)19-8-18-13/h1-6,18-19H,8H2,(H,20,21). The van der Waals surface area contributed by atoms with Crippen LogP contribution in [0.4, 0.5) is 15.8 Å². The molecular formula is C15H11FN4O3S. The fourth-order valence-electron chi connectivity index (χ4n) is 2.23. The Bertz CT molecular complexity index is 983. The molecular weight excluding hydrogens is 335 g/mol. The Balaban J connectivity index is 1.90. The predicted octanol–water partition coefficient (Wildman–Crippen LogP) is 1.61. The molecule has 0 saturated heterocycles. The first-order valence-corrected chi connectivity index (χ1v) is 8.27. The van der Waals surface area contributed by atoms with Crippen molar-refractivity contribution in [3.63, 3.8) is 0 Å². The van der Waals surface area contributed by atoms with Crippen LogP contribution in [0.3, 0.4) is 0 Å². The van der Waals surface area contributed by atoms with Gasteiger partial charge < -0.3 is 10.6 Å². The quantitative estimate of drug-likeness (QED) is 0.765. The summed E-state index contributed by atoms with van der Waals surface area (Å²) in [6.45, 7) is 0.0768. The molecule has 3 rings (SSSR count). The SMILES string of the molecule is N#Cc1cc(NC(=O)c2ccc3c(c2)S(=O)(=O)NCN3)ccc1F. The molecule has 9 heteroatoms. The van der Waals surface area contributed by atoms with E-state index >= 15 is 0 Å². The third-order valence-electron chi connectivity index (χ3n) is 3.42. The summed E-state index contributed by atoms with van der Waals surface area (Å²) < 4.78 is 39.5. The molecule has 2 aromatic carbocycles. The summed E-state index contributed by atoms with van der Waals surface area (Å²) in [4.78, 5) is 12.2. The number of benzene rings is 2. The molecule has 1 heterocycles. The van der Waals surface area contributed by atoms with E-state index < -0.39 is 21.7 Å². The first-order valence-electron chi connectivity index (χ1n) is 6.79. The number of rotatable bonds is 2. The van der Waals surface area contributed by atoms with Crippen molar-refractivity contribution in [2.24, 2.45) is 0 Å². The second-order valence-electron chi connectivity index (χ2n) is 4.97. The average molecular weight is 346 g/mol. The van der Waals surface area contributed by atoms with Crippen molar-refractivity contribution in [1.29, 1.82) is 5.26 Å². The maximum atomic E-state index is 13.3. The van der Waals surface area contributed by atoms with Gasteiger partial charge in [-0.1, -0.05) is 0 Å². The molecule has 0 unspecified atom stereocenters. The van der Waals surface area contributed by atoms with Gasteiger partial charge in [0.25, 0.3) is 5.91 Å². The van der Waals surface area contributed by atoms with E-state index in [1.54, 1.807) is 6.07 Å². The molecule has 0 aliphatic carbocycles. The molecule has 0 spiro atoms. The number of nitriles is 1. The molecule has 0 bridgehead atoms. The minimum absolute atomic E-state index is 0.0294. The highest BCUT2D eigenvalue weighted by molar-refractivity contribution is 7.89. The molecule has 122 valence electrons. The summed E-state index contributed by atoms with van der Waals surface area (Å²) in [5.74, 6) is -1.26. The van der Waals surface area contributed by atoms with Gasteiger partial charge in [0.05, 0.1) is 17.9 Å². The van der Waals surface area contributed by atoms with Gasteiger partial charge in [0.1, 0.15) is 16.8 Å². The number of carbonyl (C=O) groups is 1. The zero-order valence-corrected chi connectivity index (χ0v) is 12.9. The van der Waals surface area contributed by atoms with Crippen molar-refractivity contribution >= 4 is 27.3 Å². The molecule has 0 saturated carbocycles. The third-order valence-corrected chi connectivity index (χ3v) is 4.86. The van der Waals surface area contributed by atoms with Gasteiger partial charge in [-0.25, -0.2) is 12.8 Å². The normalized spacial score (nSPS) is 14.8. The second kappa shape index (κ2) is 5.92. The molecule has 7 nitrogen and oxygen atoms in total. The number of carbonyl (C=O) groups excluding carboxylic acids is 1. The Labute approximate surface area is 137 Å². The first-order chi connectivity index (χ1) is 11.4. The van der Waals surface area contributed by atoms with Gasteiger partial charge in [-0.15, -0.1) is 0 Å². The lowest BCUT2D eigenvalue weighted by atomic mass is 10.1. The van der Waals surface area contributed by atoms with Gasteiger partial charge >= 0.3 is 0 Å². The molecule has 1 aliphatic rings. The highest BCUT2D eigenvalue weighted by Crippen LogP contribution is 2.25. The Morgan fingerprint density at radius 3 is 2.79 bits per heavy atom. The fourth-order valence-corrected chi connectivity index (χ4v) is 3.36. The molecule has 2 aromatic rings. The van der Waals surface area contributed by atoms with Crippen LogP contribution in [0.2, 0.25) is 0 Å². The number of amides is 1. The number of halogens is 1. The van der Waals surface area contributed by atoms with Crippen LogP contribution in [0, 0.1) is 17.1 Å². The maximum absolute atomic E-state index is 13.3. The number of anilines is 2. The monoisotopic (exact) mass is 346 g/mol. The van der Waals surface area contributed by atoms with Crippen molar-refractivity contribution < 1.29 is 17.6 Å². The topological polar surface area (TPSA) is 111 Å². The van der Waals surface area contributed by atoms with Crippen LogP contribution in [-0.2, 0) is 10.0 Å². The van der Waals surface area contributed by atoms with Crippen LogP contribution >= 0.6 is 0 Å². The van der Waals surface area contributed by atoms with E-state index in [-0.39, 0.29) is 28.4 Å². The van der Waals surface area contributed by atoms with E-state index in [9.17, 15) is 17.6 Å². The first kappa shape index (κ1) is 15.9. The average Bonchev–Trinajstić information content (AvgIpc) is 2.56. The number of nitrogens with zero attached hydrogens (tertiary/aromatic N) is 1. The van der Waals surface area contributed by atoms with E-state index in [0.29, 0.717) is 5.69 Å². The molecule has 3 N–H and O–H groups in total. The minimum Gasteiger partial charge on any atom is -0.370 e. The lowest BCUT2D eigenvalue weighted by molar-refractivity contribution is 0.102. The van der Waals surface area contributed by atoms with Crippen molar-refractivity contribution in [2.45, 2.75) is 4.90 Å². The summed E-state index contributed by atoms with van der Waals surface area (Å²) in [7, 11) is -3.67. The summed E-state index contributed by atoms with van der Waals surface area (Å²) >= 11 is 0. The van der Waals surface area contributed by atoms with Crippen LogP contribution in [0.1, 0.15) is 15.9 Å². The Morgan fingerprint density at radius 1 is 1.25 bits per heavy atom. The van der Waals surface area contributed by atoms with Crippen LogP contribution < -0.4 is 15.4 Å². The largest absolute Gasteiger partial charge is 0.370 e. The predicted molar refractivity (Wildman–Crippen MR) is 84.3 cm³/mol. The number of sulfonamides is 1. The summed E-state index contributed by atoms with van der Waals surface area (Å²) in [6, 6.07) is 9.47. The molecule has 1 aliphatic heterocycles. The molecule has 1 amide bonds. The van der Waals surface area contributed by atoms with Gasteiger partial charge in [0.2, 0.25) is 10.0 Å². The van der Waals surface area contributed by atoms with Crippen molar-refractivity contribution in [3.05, 3.63) is 53.3 Å². The summed E-state index contributed by atoms with van der Waals surface area (Å²) in [5, 5.41) is 14.2. The van der Waals surface area contributed by atoms with Gasteiger partial charge in [0, 0.05) is 11.3 Å². The number of nitrogens with one attached hydrogen (secondary N) is 3. The van der Waals surface area contributed by atoms with E-state index in [0.717, 1.165) is 6.07 Å². The zero-order chi connectivity index (χ0) is 17.3. The smallest absolute Gasteiger partial charge is 0.255 e. The highest BCUT2D eigenvalue weighted by atomic mass is 32.2. The van der Waals surface area contributed by atoms with E-state index in [1.165, 1.54) is 30.3 Å². The Hall–Kier alpha value is -2.96. The summed E-state index contributed by atoms with van der Waals surface area (Å²) in [6.07, 6.45) is 0. The number of fused-ring (bicyclic) bond motifs is 1.